The van der Waals surface area contributed by atoms with Gasteiger partial charge in [-0.2, -0.15) is 21.6 Å². The first kappa shape index (κ1) is 32.1. The molecule has 1 N–H and O–H groups in total. The molecule has 41 heavy (non-hydrogen) atoms. The second-order valence-corrected chi connectivity index (χ2v) is 13.4. The van der Waals surface area contributed by atoms with Crippen molar-refractivity contribution < 1.29 is 43.7 Å². The molecule has 0 aliphatic carbocycles. The summed E-state index contributed by atoms with van der Waals surface area (Å²) in [7, 11) is -10.3. The molecule has 2 aromatic carbocycles. The predicted octanol–water partition coefficient (Wildman–Crippen LogP) is 4.61. The normalized spacial score (nSPS) is 13.5. The summed E-state index contributed by atoms with van der Waals surface area (Å²) >= 11 is 0. The van der Waals surface area contributed by atoms with E-state index in [-0.39, 0.29) is 28.8 Å². The third-order valence-electron chi connectivity index (χ3n) is 5.50. The van der Waals surface area contributed by atoms with Crippen LogP contribution in [0.2, 0.25) is 0 Å². The van der Waals surface area contributed by atoms with E-state index in [0.29, 0.717) is 6.42 Å². The Kier molecular flexibility index (Phi) is 9.55. The summed E-state index contributed by atoms with van der Waals surface area (Å²) in [6.45, 7) is 6.84. The number of alkyl halides is 3. The highest BCUT2D eigenvalue weighted by atomic mass is 32.2. The molecule has 0 aliphatic heterocycles. The molecule has 0 spiro atoms. The van der Waals surface area contributed by atoms with Gasteiger partial charge in [0.25, 0.3) is 0 Å². The van der Waals surface area contributed by atoms with Gasteiger partial charge in [0.1, 0.15) is 5.60 Å². The fraction of sp³-hybridized carbons (Fsp3) is 0.385. The molecule has 0 saturated carbocycles. The molecule has 0 fully saturated rings. The van der Waals surface area contributed by atoms with Crippen LogP contribution in [0.1, 0.15) is 33.3 Å². The Hall–Kier alpha value is -3.43. The minimum atomic E-state index is -6.02. The SMILES string of the molecule is CC(CN(CCc1ccccc1)C(=O)OC(C)(C)C)NS(=O)(=O)c1ccc2cncc(OS(=O)(=O)C(F)(F)F)c2c1. The summed E-state index contributed by atoms with van der Waals surface area (Å²) in [6.07, 6.45) is 1.80. The van der Waals surface area contributed by atoms with E-state index in [1.165, 1.54) is 30.2 Å². The topological polar surface area (TPSA) is 132 Å². The van der Waals surface area contributed by atoms with Crippen LogP contribution in [0.4, 0.5) is 18.0 Å². The number of ether oxygens (including phenoxy) is 1. The Balaban J connectivity index is 1.83. The van der Waals surface area contributed by atoms with Crippen molar-refractivity contribution in [2.24, 2.45) is 0 Å². The maximum absolute atomic E-state index is 13.2. The lowest BCUT2D eigenvalue weighted by molar-refractivity contribution is -0.0499. The number of halogens is 3. The van der Waals surface area contributed by atoms with Crippen LogP contribution in [0.5, 0.6) is 5.75 Å². The molecule has 0 bridgehead atoms. The molecule has 0 saturated heterocycles. The van der Waals surface area contributed by atoms with Crippen molar-refractivity contribution >= 4 is 37.0 Å². The van der Waals surface area contributed by atoms with Gasteiger partial charge in [0.15, 0.2) is 5.75 Å². The molecule has 1 atom stereocenters. The molecule has 224 valence electrons. The lowest BCUT2D eigenvalue weighted by Crippen LogP contribution is -2.46. The number of hydrogen-bond acceptors (Lipinski definition) is 8. The van der Waals surface area contributed by atoms with Gasteiger partial charge in [0.2, 0.25) is 10.0 Å². The van der Waals surface area contributed by atoms with Crippen LogP contribution in [0, 0.1) is 0 Å². The fourth-order valence-electron chi connectivity index (χ4n) is 3.71. The number of carbonyl (C=O) groups excluding carboxylic acids is 1. The molecule has 15 heteroatoms. The van der Waals surface area contributed by atoms with Gasteiger partial charge in [-0.15, -0.1) is 0 Å². The number of pyridine rings is 1. The standard InChI is InChI=1S/C26H30F3N3O7S2/c1-18(17-32(24(33)38-25(2,3)4)13-12-19-8-6-5-7-9-19)31-40(34,35)21-11-10-20-15-30-16-23(22(20)14-21)39-41(36,37)26(27,28)29/h5-11,14-16,18,31H,12-13,17H2,1-4H3. The molecule has 3 aromatic rings. The quantitative estimate of drug-likeness (QED) is 0.258. The average molecular weight is 618 g/mol. The third kappa shape index (κ3) is 8.78. The molecule has 1 unspecified atom stereocenters. The lowest BCUT2D eigenvalue weighted by Gasteiger charge is -2.29. The Bertz CT molecular complexity index is 1590. The summed E-state index contributed by atoms with van der Waals surface area (Å²) in [6, 6.07) is 12.0. The predicted molar refractivity (Wildman–Crippen MR) is 145 cm³/mol. The highest BCUT2D eigenvalue weighted by Crippen LogP contribution is 2.32. The first-order valence-corrected chi connectivity index (χ1v) is 15.2. The van der Waals surface area contributed by atoms with Gasteiger partial charge in [-0.3, -0.25) is 4.98 Å². The van der Waals surface area contributed by atoms with Gasteiger partial charge < -0.3 is 13.8 Å². The number of amides is 1. The monoisotopic (exact) mass is 617 g/mol. The van der Waals surface area contributed by atoms with Gasteiger partial charge in [0, 0.05) is 36.1 Å². The molecule has 3 rings (SSSR count). The van der Waals surface area contributed by atoms with E-state index in [2.05, 4.69) is 13.9 Å². The number of hydrogen-bond donors (Lipinski definition) is 1. The lowest BCUT2D eigenvalue weighted by atomic mass is 10.1. The van der Waals surface area contributed by atoms with Crippen molar-refractivity contribution in [2.45, 2.75) is 56.2 Å². The van der Waals surface area contributed by atoms with Crippen LogP contribution in [-0.4, -0.2) is 63.1 Å². The zero-order valence-corrected chi connectivity index (χ0v) is 24.3. The number of aromatic nitrogens is 1. The number of fused-ring (bicyclic) bond motifs is 1. The van der Waals surface area contributed by atoms with Gasteiger partial charge in [0.05, 0.1) is 11.1 Å². The number of nitrogens with one attached hydrogen (secondary N) is 1. The summed E-state index contributed by atoms with van der Waals surface area (Å²) < 4.78 is 100. The Labute approximate surface area is 236 Å². The van der Waals surface area contributed by atoms with Crippen molar-refractivity contribution in [1.82, 2.24) is 14.6 Å². The van der Waals surface area contributed by atoms with Crippen molar-refractivity contribution in [3.8, 4) is 5.75 Å². The molecular weight excluding hydrogens is 587 g/mol. The molecule has 0 aliphatic rings. The first-order valence-electron chi connectivity index (χ1n) is 12.3. The summed E-state index contributed by atoms with van der Waals surface area (Å²) in [5, 5.41) is -0.0783. The first-order chi connectivity index (χ1) is 18.9. The Morgan fingerprint density at radius 3 is 2.29 bits per heavy atom. The van der Waals surface area contributed by atoms with Crippen LogP contribution in [0.15, 0.2) is 65.8 Å². The number of nitrogens with zero attached hydrogens (tertiary/aromatic N) is 2. The third-order valence-corrected chi connectivity index (χ3v) is 8.06. The zero-order valence-electron chi connectivity index (χ0n) is 22.7. The summed E-state index contributed by atoms with van der Waals surface area (Å²) in [5.74, 6) is -0.790. The summed E-state index contributed by atoms with van der Waals surface area (Å²) in [5.41, 5.74) is -5.52. The molecule has 1 aromatic heterocycles. The van der Waals surface area contributed by atoms with Crippen molar-refractivity contribution in [1.29, 1.82) is 0 Å². The minimum absolute atomic E-state index is 0.0589. The van der Waals surface area contributed by atoms with Gasteiger partial charge >= 0.3 is 21.7 Å². The van der Waals surface area contributed by atoms with E-state index in [1.54, 1.807) is 20.8 Å². The Morgan fingerprint density at radius 2 is 1.68 bits per heavy atom. The number of carbonyl (C=O) groups is 1. The van der Waals surface area contributed by atoms with E-state index in [1.807, 2.05) is 30.3 Å². The minimum Gasteiger partial charge on any atom is -0.444 e. The van der Waals surface area contributed by atoms with E-state index in [4.69, 9.17) is 4.74 Å². The molecular formula is C26H30F3N3O7S2. The van der Waals surface area contributed by atoms with E-state index < -0.39 is 49.1 Å². The largest absolute Gasteiger partial charge is 0.534 e. The summed E-state index contributed by atoms with van der Waals surface area (Å²) in [4.78, 5) is 17.6. The number of sulfonamides is 1. The van der Waals surface area contributed by atoms with Crippen LogP contribution in [-0.2, 0) is 31.3 Å². The maximum atomic E-state index is 13.2. The van der Waals surface area contributed by atoms with E-state index in [0.717, 1.165) is 17.8 Å². The van der Waals surface area contributed by atoms with Crippen molar-refractivity contribution in [3.05, 3.63) is 66.5 Å². The van der Waals surface area contributed by atoms with Crippen LogP contribution < -0.4 is 8.91 Å². The average Bonchev–Trinajstić information content (AvgIpc) is 2.85. The molecule has 10 nitrogen and oxygen atoms in total. The molecule has 1 amide bonds. The van der Waals surface area contributed by atoms with Gasteiger partial charge in [-0.05, 0) is 51.8 Å². The molecule has 0 radical (unpaired) electrons. The van der Waals surface area contributed by atoms with Gasteiger partial charge in [-0.25, -0.2) is 17.9 Å². The Morgan fingerprint density at radius 1 is 1.02 bits per heavy atom. The smallest absolute Gasteiger partial charge is 0.444 e. The van der Waals surface area contributed by atoms with E-state index in [9.17, 15) is 34.8 Å². The number of rotatable bonds is 10. The number of benzene rings is 2. The second kappa shape index (κ2) is 12.2. The highest BCUT2D eigenvalue weighted by Gasteiger charge is 2.48. The van der Waals surface area contributed by atoms with E-state index >= 15 is 0 Å². The highest BCUT2D eigenvalue weighted by molar-refractivity contribution is 7.89. The molecule has 1 heterocycles. The maximum Gasteiger partial charge on any atom is 0.534 e. The van der Waals surface area contributed by atoms with Crippen LogP contribution >= 0.6 is 0 Å². The fourth-order valence-corrected chi connectivity index (χ4v) is 5.43. The van der Waals surface area contributed by atoms with Crippen molar-refractivity contribution in [2.75, 3.05) is 13.1 Å². The van der Waals surface area contributed by atoms with Crippen LogP contribution in [0.3, 0.4) is 0 Å². The van der Waals surface area contributed by atoms with Gasteiger partial charge in [-0.1, -0.05) is 36.4 Å². The van der Waals surface area contributed by atoms with Crippen molar-refractivity contribution in [3.63, 3.8) is 0 Å². The zero-order chi connectivity index (χ0) is 30.6. The second-order valence-electron chi connectivity index (χ2n) is 10.2. The van der Waals surface area contributed by atoms with Crippen LogP contribution in [0.25, 0.3) is 10.8 Å².